The lowest BCUT2D eigenvalue weighted by atomic mass is 9.92. The summed E-state index contributed by atoms with van der Waals surface area (Å²) in [4.78, 5) is 11.1. The first-order valence-corrected chi connectivity index (χ1v) is 5.92. The van der Waals surface area contributed by atoms with Gasteiger partial charge in [0.15, 0.2) is 0 Å². The highest BCUT2D eigenvalue weighted by molar-refractivity contribution is 5.69. The monoisotopic (exact) mass is 213 g/mol. The van der Waals surface area contributed by atoms with E-state index in [-0.39, 0.29) is 5.97 Å². The SMILES string of the molecule is CCOC(=O)CCNC1CCC(C)(C)C1. The molecular weight excluding hydrogens is 190 g/mol. The molecule has 0 aromatic heterocycles. The predicted octanol–water partition coefficient (Wildman–Crippen LogP) is 2.11. The molecule has 0 spiro atoms. The fourth-order valence-electron chi connectivity index (χ4n) is 2.22. The molecule has 0 amide bonds. The number of nitrogens with one attached hydrogen (secondary N) is 1. The van der Waals surface area contributed by atoms with E-state index < -0.39 is 0 Å². The minimum absolute atomic E-state index is 0.0951. The molecule has 88 valence electrons. The molecule has 1 aliphatic rings. The van der Waals surface area contributed by atoms with Crippen molar-refractivity contribution in [1.29, 1.82) is 0 Å². The van der Waals surface area contributed by atoms with Gasteiger partial charge in [-0.2, -0.15) is 0 Å². The maximum absolute atomic E-state index is 11.1. The summed E-state index contributed by atoms with van der Waals surface area (Å²) in [5.41, 5.74) is 0.474. The fraction of sp³-hybridized carbons (Fsp3) is 0.917. The average molecular weight is 213 g/mol. The van der Waals surface area contributed by atoms with Crippen molar-refractivity contribution in [2.45, 2.75) is 52.5 Å². The third-order valence-corrected chi connectivity index (χ3v) is 3.04. The van der Waals surface area contributed by atoms with Gasteiger partial charge in [0, 0.05) is 12.6 Å². The summed E-state index contributed by atoms with van der Waals surface area (Å²) < 4.78 is 4.87. The summed E-state index contributed by atoms with van der Waals surface area (Å²) >= 11 is 0. The Kier molecular flexibility index (Phi) is 4.58. The number of rotatable bonds is 5. The molecular formula is C12H23NO2. The highest BCUT2D eigenvalue weighted by Gasteiger charge is 2.30. The van der Waals surface area contributed by atoms with Gasteiger partial charge in [-0.3, -0.25) is 4.79 Å². The Morgan fingerprint density at radius 3 is 2.80 bits per heavy atom. The summed E-state index contributed by atoms with van der Waals surface area (Å²) in [6.45, 7) is 7.68. The molecule has 3 heteroatoms. The zero-order chi connectivity index (χ0) is 11.3. The summed E-state index contributed by atoms with van der Waals surface area (Å²) in [5.74, 6) is -0.0951. The topological polar surface area (TPSA) is 38.3 Å². The Bertz CT molecular complexity index is 214. The van der Waals surface area contributed by atoms with E-state index in [0.717, 1.165) is 6.54 Å². The number of esters is 1. The predicted molar refractivity (Wildman–Crippen MR) is 60.7 cm³/mol. The third-order valence-electron chi connectivity index (χ3n) is 3.04. The number of hydrogen-bond donors (Lipinski definition) is 1. The van der Waals surface area contributed by atoms with Crippen LogP contribution in [0.25, 0.3) is 0 Å². The van der Waals surface area contributed by atoms with E-state index >= 15 is 0 Å². The van der Waals surface area contributed by atoms with E-state index in [9.17, 15) is 4.79 Å². The lowest BCUT2D eigenvalue weighted by Crippen LogP contribution is -2.29. The fourth-order valence-corrected chi connectivity index (χ4v) is 2.22. The molecule has 0 bridgehead atoms. The van der Waals surface area contributed by atoms with Crippen LogP contribution in [0.2, 0.25) is 0 Å². The molecule has 1 unspecified atom stereocenters. The highest BCUT2D eigenvalue weighted by atomic mass is 16.5. The van der Waals surface area contributed by atoms with Crippen molar-refractivity contribution in [2.75, 3.05) is 13.2 Å². The number of carbonyl (C=O) groups is 1. The summed E-state index contributed by atoms with van der Waals surface area (Å²) in [6.07, 6.45) is 4.22. The molecule has 1 aliphatic carbocycles. The van der Waals surface area contributed by atoms with Crippen molar-refractivity contribution in [3.05, 3.63) is 0 Å². The summed E-state index contributed by atoms with van der Waals surface area (Å²) in [7, 11) is 0. The molecule has 1 N–H and O–H groups in total. The van der Waals surface area contributed by atoms with Gasteiger partial charge in [0.05, 0.1) is 13.0 Å². The van der Waals surface area contributed by atoms with Crippen LogP contribution in [0.3, 0.4) is 0 Å². The van der Waals surface area contributed by atoms with Gasteiger partial charge in [-0.15, -0.1) is 0 Å². The Balaban J connectivity index is 2.09. The molecule has 3 nitrogen and oxygen atoms in total. The molecule has 0 aromatic rings. The second-order valence-corrected chi connectivity index (χ2v) is 5.11. The van der Waals surface area contributed by atoms with E-state index in [4.69, 9.17) is 4.74 Å². The first-order chi connectivity index (χ1) is 7.03. The van der Waals surface area contributed by atoms with Gasteiger partial charge in [-0.05, 0) is 31.6 Å². The Labute approximate surface area is 92.6 Å². The van der Waals surface area contributed by atoms with Crippen molar-refractivity contribution in [2.24, 2.45) is 5.41 Å². The minimum Gasteiger partial charge on any atom is -0.466 e. The van der Waals surface area contributed by atoms with Gasteiger partial charge in [-0.25, -0.2) is 0 Å². The second kappa shape index (κ2) is 5.50. The molecule has 0 saturated heterocycles. The van der Waals surface area contributed by atoms with Crippen molar-refractivity contribution in [1.82, 2.24) is 5.32 Å². The largest absolute Gasteiger partial charge is 0.466 e. The lowest BCUT2D eigenvalue weighted by molar-refractivity contribution is -0.142. The van der Waals surface area contributed by atoms with Crippen LogP contribution in [0.1, 0.15) is 46.5 Å². The van der Waals surface area contributed by atoms with Crippen LogP contribution in [0.5, 0.6) is 0 Å². The van der Waals surface area contributed by atoms with Gasteiger partial charge in [0.1, 0.15) is 0 Å². The van der Waals surface area contributed by atoms with Crippen molar-refractivity contribution < 1.29 is 9.53 Å². The second-order valence-electron chi connectivity index (χ2n) is 5.11. The van der Waals surface area contributed by atoms with Crippen LogP contribution in [-0.2, 0) is 9.53 Å². The number of hydrogen-bond acceptors (Lipinski definition) is 3. The average Bonchev–Trinajstić information content (AvgIpc) is 2.46. The van der Waals surface area contributed by atoms with E-state index in [1.54, 1.807) is 0 Å². The van der Waals surface area contributed by atoms with Crippen LogP contribution < -0.4 is 5.32 Å². The first kappa shape index (κ1) is 12.5. The zero-order valence-corrected chi connectivity index (χ0v) is 10.1. The van der Waals surface area contributed by atoms with Crippen molar-refractivity contribution in [3.63, 3.8) is 0 Å². The van der Waals surface area contributed by atoms with Gasteiger partial charge in [0.2, 0.25) is 0 Å². The zero-order valence-electron chi connectivity index (χ0n) is 10.1. The quantitative estimate of drug-likeness (QED) is 0.711. The molecule has 0 aliphatic heterocycles. The first-order valence-electron chi connectivity index (χ1n) is 5.92. The third kappa shape index (κ3) is 4.65. The maximum Gasteiger partial charge on any atom is 0.307 e. The number of ether oxygens (including phenoxy) is 1. The summed E-state index contributed by atoms with van der Waals surface area (Å²) in [5, 5.41) is 3.43. The smallest absolute Gasteiger partial charge is 0.307 e. The minimum atomic E-state index is -0.0951. The van der Waals surface area contributed by atoms with Crippen LogP contribution in [0.4, 0.5) is 0 Å². The molecule has 1 atom stereocenters. The molecule has 1 fully saturated rings. The molecule has 0 heterocycles. The van der Waals surface area contributed by atoms with Crippen molar-refractivity contribution >= 4 is 5.97 Å². The van der Waals surface area contributed by atoms with E-state index in [2.05, 4.69) is 19.2 Å². The number of carbonyl (C=O) groups excluding carboxylic acids is 1. The molecule has 15 heavy (non-hydrogen) atoms. The van der Waals surface area contributed by atoms with Crippen LogP contribution in [-0.4, -0.2) is 25.2 Å². The van der Waals surface area contributed by atoms with Gasteiger partial charge >= 0.3 is 5.97 Å². The lowest BCUT2D eigenvalue weighted by Gasteiger charge is -2.17. The maximum atomic E-state index is 11.1. The van der Waals surface area contributed by atoms with Gasteiger partial charge in [0.25, 0.3) is 0 Å². The highest BCUT2D eigenvalue weighted by Crippen LogP contribution is 2.36. The van der Waals surface area contributed by atoms with Crippen LogP contribution in [0.15, 0.2) is 0 Å². The van der Waals surface area contributed by atoms with E-state index in [0.29, 0.717) is 24.5 Å². The molecule has 0 radical (unpaired) electrons. The normalized spacial score (nSPS) is 24.1. The Morgan fingerprint density at radius 2 is 2.27 bits per heavy atom. The Hall–Kier alpha value is -0.570. The van der Waals surface area contributed by atoms with Crippen LogP contribution in [0, 0.1) is 5.41 Å². The van der Waals surface area contributed by atoms with Crippen LogP contribution >= 0.6 is 0 Å². The molecule has 1 rings (SSSR count). The van der Waals surface area contributed by atoms with Gasteiger partial charge < -0.3 is 10.1 Å². The molecule has 1 saturated carbocycles. The van der Waals surface area contributed by atoms with E-state index in [1.807, 2.05) is 6.92 Å². The molecule has 0 aromatic carbocycles. The van der Waals surface area contributed by atoms with Crippen molar-refractivity contribution in [3.8, 4) is 0 Å². The van der Waals surface area contributed by atoms with E-state index in [1.165, 1.54) is 19.3 Å². The summed E-state index contributed by atoms with van der Waals surface area (Å²) in [6, 6.07) is 0.592. The standard InChI is InChI=1S/C12H23NO2/c1-4-15-11(14)6-8-13-10-5-7-12(2,3)9-10/h10,13H,4-9H2,1-3H3. The Morgan fingerprint density at radius 1 is 1.53 bits per heavy atom. The van der Waals surface area contributed by atoms with Gasteiger partial charge in [-0.1, -0.05) is 13.8 Å².